The lowest BCUT2D eigenvalue weighted by molar-refractivity contribution is -0.118. The summed E-state index contributed by atoms with van der Waals surface area (Å²) in [4.78, 5) is 15.0. The zero-order chi connectivity index (χ0) is 19.2. The molecule has 0 bridgehead atoms. The SMILES string of the molecule is CC(C)(C)c1cc2n(n1)-c1ccccc1CC(=O)N2Cc1ccc(Cl)cc1. The van der Waals surface area contributed by atoms with Crippen LogP contribution >= 0.6 is 11.6 Å². The minimum atomic E-state index is -0.108. The van der Waals surface area contributed by atoms with Crippen LogP contribution < -0.4 is 4.90 Å². The minimum absolute atomic E-state index is 0.0662. The van der Waals surface area contributed by atoms with Crippen LogP contribution in [-0.4, -0.2) is 15.7 Å². The number of benzene rings is 2. The molecule has 1 aromatic heterocycles. The third kappa shape index (κ3) is 3.37. The summed E-state index contributed by atoms with van der Waals surface area (Å²) in [5.74, 6) is 0.876. The maximum Gasteiger partial charge on any atom is 0.232 e. The van der Waals surface area contributed by atoms with Crippen LogP contribution in [0, 0.1) is 0 Å². The number of nitrogens with zero attached hydrogens (tertiary/aromatic N) is 3. The van der Waals surface area contributed by atoms with E-state index < -0.39 is 0 Å². The number of amides is 1. The number of para-hydroxylation sites is 1. The summed E-state index contributed by atoms with van der Waals surface area (Å²) in [6, 6.07) is 17.6. The highest BCUT2D eigenvalue weighted by Gasteiger charge is 2.30. The zero-order valence-electron chi connectivity index (χ0n) is 15.7. The Balaban J connectivity index is 1.85. The monoisotopic (exact) mass is 379 g/mol. The molecule has 0 radical (unpaired) electrons. The first-order valence-corrected chi connectivity index (χ1v) is 9.44. The van der Waals surface area contributed by atoms with Crippen LogP contribution in [0.2, 0.25) is 5.02 Å². The van der Waals surface area contributed by atoms with Crippen LogP contribution in [0.25, 0.3) is 5.69 Å². The first kappa shape index (κ1) is 17.8. The molecule has 1 aliphatic rings. The molecule has 5 heteroatoms. The van der Waals surface area contributed by atoms with Gasteiger partial charge in [0.05, 0.1) is 24.3 Å². The van der Waals surface area contributed by atoms with Gasteiger partial charge in [-0.05, 0) is 29.3 Å². The number of carbonyl (C=O) groups excluding carboxylic acids is 1. The van der Waals surface area contributed by atoms with Crippen molar-refractivity contribution in [2.45, 2.75) is 39.2 Å². The third-order valence-corrected chi connectivity index (χ3v) is 5.10. The molecule has 0 saturated heterocycles. The number of anilines is 1. The molecule has 0 spiro atoms. The normalized spacial score (nSPS) is 13.9. The summed E-state index contributed by atoms with van der Waals surface area (Å²) in [5, 5.41) is 5.55. The Morgan fingerprint density at radius 1 is 1.07 bits per heavy atom. The van der Waals surface area contributed by atoms with Crippen LogP contribution in [0.3, 0.4) is 0 Å². The molecule has 4 rings (SSSR count). The van der Waals surface area contributed by atoms with Gasteiger partial charge in [-0.15, -0.1) is 0 Å². The molecule has 1 aliphatic heterocycles. The van der Waals surface area contributed by atoms with E-state index >= 15 is 0 Å². The molecule has 0 atom stereocenters. The Hall–Kier alpha value is -2.59. The lowest BCUT2D eigenvalue weighted by Gasteiger charge is -2.21. The Labute approximate surface area is 164 Å². The first-order chi connectivity index (χ1) is 12.8. The second-order valence-corrected chi connectivity index (χ2v) is 8.40. The van der Waals surface area contributed by atoms with Gasteiger partial charge in [0, 0.05) is 16.5 Å². The summed E-state index contributed by atoms with van der Waals surface area (Å²) >= 11 is 6.01. The lowest BCUT2D eigenvalue weighted by Crippen LogP contribution is -2.31. The molecule has 4 nitrogen and oxygen atoms in total. The van der Waals surface area contributed by atoms with E-state index in [2.05, 4.69) is 20.8 Å². The fourth-order valence-electron chi connectivity index (χ4n) is 3.30. The predicted octanol–water partition coefficient (Wildman–Crippen LogP) is 4.91. The number of hydrogen-bond acceptors (Lipinski definition) is 2. The van der Waals surface area contributed by atoms with Crippen molar-refractivity contribution in [2.24, 2.45) is 0 Å². The minimum Gasteiger partial charge on any atom is -0.292 e. The van der Waals surface area contributed by atoms with Gasteiger partial charge >= 0.3 is 0 Å². The van der Waals surface area contributed by atoms with Gasteiger partial charge in [-0.25, -0.2) is 4.68 Å². The second kappa shape index (κ2) is 6.54. The summed E-state index contributed by atoms with van der Waals surface area (Å²) in [6.45, 7) is 6.88. The molecule has 0 saturated carbocycles. The summed E-state index contributed by atoms with van der Waals surface area (Å²) < 4.78 is 1.91. The third-order valence-electron chi connectivity index (χ3n) is 4.85. The van der Waals surface area contributed by atoms with Crippen LogP contribution in [0.4, 0.5) is 5.82 Å². The largest absolute Gasteiger partial charge is 0.292 e. The Morgan fingerprint density at radius 3 is 2.48 bits per heavy atom. The van der Waals surface area contributed by atoms with Gasteiger partial charge in [0.15, 0.2) is 0 Å². The fraction of sp³-hybridized carbons (Fsp3) is 0.273. The Morgan fingerprint density at radius 2 is 1.78 bits per heavy atom. The number of carbonyl (C=O) groups is 1. The van der Waals surface area contributed by atoms with Gasteiger partial charge in [-0.2, -0.15) is 5.10 Å². The van der Waals surface area contributed by atoms with Crippen molar-refractivity contribution < 1.29 is 4.79 Å². The van der Waals surface area contributed by atoms with Crippen molar-refractivity contribution >= 4 is 23.3 Å². The van der Waals surface area contributed by atoms with Crippen molar-refractivity contribution in [1.82, 2.24) is 9.78 Å². The average molecular weight is 380 g/mol. The molecule has 0 fully saturated rings. The molecule has 27 heavy (non-hydrogen) atoms. The molecule has 0 unspecified atom stereocenters. The van der Waals surface area contributed by atoms with E-state index in [4.69, 9.17) is 16.7 Å². The number of aromatic nitrogens is 2. The summed E-state index contributed by atoms with van der Waals surface area (Å²) in [6.07, 6.45) is 0.359. The van der Waals surface area contributed by atoms with Crippen molar-refractivity contribution in [3.8, 4) is 5.69 Å². The van der Waals surface area contributed by atoms with Crippen LogP contribution in [-0.2, 0) is 23.2 Å². The fourth-order valence-corrected chi connectivity index (χ4v) is 3.43. The molecular formula is C22H22ClN3O. The standard InChI is InChI=1S/C22H22ClN3O/c1-22(2,3)19-13-20-25(14-15-8-10-17(23)11-9-15)21(27)12-16-6-4-5-7-18(16)26(20)24-19/h4-11,13H,12,14H2,1-3H3. The topological polar surface area (TPSA) is 38.1 Å². The predicted molar refractivity (Wildman–Crippen MR) is 109 cm³/mol. The van der Waals surface area contributed by atoms with Gasteiger partial charge in [0.25, 0.3) is 0 Å². The molecule has 1 amide bonds. The van der Waals surface area contributed by atoms with Gasteiger partial charge in [0.1, 0.15) is 5.82 Å². The maximum absolute atomic E-state index is 13.1. The first-order valence-electron chi connectivity index (χ1n) is 9.06. The highest BCUT2D eigenvalue weighted by Crippen LogP contribution is 2.33. The molecule has 0 aliphatic carbocycles. The van der Waals surface area contributed by atoms with Gasteiger partial charge in [-0.3, -0.25) is 9.69 Å². The number of hydrogen-bond donors (Lipinski definition) is 0. The quantitative estimate of drug-likeness (QED) is 0.634. The molecule has 2 heterocycles. The average Bonchev–Trinajstić information content (AvgIpc) is 3.03. The van der Waals surface area contributed by atoms with Crippen LogP contribution in [0.1, 0.15) is 37.6 Å². The van der Waals surface area contributed by atoms with E-state index in [0.29, 0.717) is 18.0 Å². The smallest absolute Gasteiger partial charge is 0.232 e. The Kier molecular flexibility index (Phi) is 4.31. The molecule has 2 aromatic carbocycles. The highest BCUT2D eigenvalue weighted by molar-refractivity contribution is 6.30. The maximum atomic E-state index is 13.1. The van der Waals surface area contributed by atoms with E-state index in [0.717, 1.165) is 28.3 Å². The number of fused-ring (bicyclic) bond motifs is 3. The molecule has 138 valence electrons. The van der Waals surface area contributed by atoms with E-state index in [1.165, 1.54) is 0 Å². The van der Waals surface area contributed by atoms with Crippen molar-refractivity contribution in [1.29, 1.82) is 0 Å². The summed E-state index contributed by atoms with van der Waals surface area (Å²) in [5.41, 5.74) is 3.84. The highest BCUT2D eigenvalue weighted by atomic mass is 35.5. The second-order valence-electron chi connectivity index (χ2n) is 7.96. The number of halogens is 1. The lowest BCUT2D eigenvalue weighted by atomic mass is 9.92. The number of rotatable bonds is 2. The van der Waals surface area contributed by atoms with Crippen LogP contribution in [0.15, 0.2) is 54.6 Å². The van der Waals surface area contributed by atoms with Crippen LogP contribution in [0.5, 0.6) is 0 Å². The van der Waals surface area contributed by atoms with Crippen molar-refractivity contribution in [2.75, 3.05) is 4.90 Å². The summed E-state index contributed by atoms with van der Waals surface area (Å²) in [7, 11) is 0. The molecule has 0 N–H and O–H groups in total. The Bertz CT molecular complexity index is 999. The van der Waals surface area contributed by atoms with E-state index in [1.54, 1.807) is 0 Å². The van der Waals surface area contributed by atoms with Crippen molar-refractivity contribution in [3.63, 3.8) is 0 Å². The van der Waals surface area contributed by atoms with E-state index in [-0.39, 0.29) is 11.3 Å². The van der Waals surface area contributed by atoms with Gasteiger partial charge < -0.3 is 0 Å². The van der Waals surface area contributed by atoms with E-state index in [9.17, 15) is 4.79 Å². The molecule has 3 aromatic rings. The zero-order valence-corrected chi connectivity index (χ0v) is 16.5. The van der Waals surface area contributed by atoms with E-state index in [1.807, 2.05) is 64.2 Å². The van der Waals surface area contributed by atoms with Gasteiger partial charge in [0.2, 0.25) is 5.91 Å². The van der Waals surface area contributed by atoms with Gasteiger partial charge in [-0.1, -0.05) is 62.7 Å². The van der Waals surface area contributed by atoms with Crippen molar-refractivity contribution in [3.05, 3.63) is 76.4 Å². The molecular weight excluding hydrogens is 358 g/mol.